The molecule has 0 bridgehead atoms. The zero-order chi connectivity index (χ0) is 16.6. The van der Waals surface area contributed by atoms with E-state index in [1.807, 2.05) is 0 Å². The van der Waals surface area contributed by atoms with Crippen molar-refractivity contribution < 1.29 is 0 Å². The van der Waals surface area contributed by atoms with Crippen LogP contribution in [0.15, 0.2) is 18.2 Å². The molecule has 0 saturated carbocycles. The molecular weight excluding hydrogens is 284 g/mol. The number of benzene rings is 1. The summed E-state index contributed by atoms with van der Waals surface area (Å²) in [6, 6.07) is 7.18. The second kappa shape index (κ2) is 6.23. The SMILES string of the molecule is CC1CN(c2ccc(N)c(N3CCC(C)(C)CC3)c2)CCN1C. The van der Waals surface area contributed by atoms with Gasteiger partial charge >= 0.3 is 0 Å². The van der Waals surface area contributed by atoms with Gasteiger partial charge in [-0.3, -0.25) is 0 Å². The Morgan fingerprint density at radius 2 is 1.74 bits per heavy atom. The molecule has 23 heavy (non-hydrogen) atoms. The molecule has 1 unspecified atom stereocenters. The van der Waals surface area contributed by atoms with Gasteiger partial charge in [0.05, 0.1) is 11.4 Å². The van der Waals surface area contributed by atoms with Crippen molar-refractivity contribution in [2.45, 2.75) is 39.7 Å². The van der Waals surface area contributed by atoms with Crippen LogP contribution in [0.2, 0.25) is 0 Å². The van der Waals surface area contributed by atoms with Gasteiger partial charge in [-0.25, -0.2) is 0 Å². The average molecular weight is 316 g/mol. The number of nitrogens with two attached hydrogens (primary N) is 1. The summed E-state index contributed by atoms with van der Waals surface area (Å²) in [6.07, 6.45) is 2.48. The Hall–Kier alpha value is -1.42. The number of hydrogen-bond donors (Lipinski definition) is 1. The number of nitrogen functional groups attached to an aromatic ring is 1. The first-order chi connectivity index (χ1) is 10.9. The lowest BCUT2D eigenvalue weighted by Gasteiger charge is -2.41. The average Bonchev–Trinajstić information content (AvgIpc) is 2.51. The van der Waals surface area contributed by atoms with Gasteiger partial charge in [-0.2, -0.15) is 0 Å². The van der Waals surface area contributed by atoms with Gasteiger partial charge in [0.2, 0.25) is 0 Å². The molecule has 0 spiro atoms. The minimum atomic E-state index is 0.468. The molecule has 2 heterocycles. The van der Waals surface area contributed by atoms with Gasteiger partial charge < -0.3 is 20.4 Å². The van der Waals surface area contributed by atoms with E-state index in [1.54, 1.807) is 0 Å². The van der Waals surface area contributed by atoms with Gasteiger partial charge in [0.25, 0.3) is 0 Å². The van der Waals surface area contributed by atoms with E-state index in [1.165, 1.54) is 24.2 Å². The molecule has 3 rings (SSSR count). The van der Waals surface area contributed by atoms with Crippen LogP contribution >= 0.6 is 0 Å². The third kappa shape index (κ3) is 3.57. The summed E-state index contributed by atoms with van der Waals surface area (Å²) in [6.45, 7) is 12.6. The summed E-state index contributed by atoms with van der Waals surface area (Å²) < 4.78 is 0. The largest absolute Gasteiger partial charge is 0.397 e. The smallest absolute Gasteiger partial charge is 0.0620 e. The molecule has 2 aliphatic rings. The van der Waals surface area contributed by atoms with Gasteiger partial charge in [-0.05, 0) is 50.4 Å². The summed E-state index contributed by atoms with van der Waals surface area (Å²) in [5.41, 5.74) is 10.2. The maximum atomic E-state index is 6.30. The van der Waals surface area contributed by atoms with Crippen LogP contribution < -0.4 is 15.5 Å². The van der Waals surface area contributed by atoms with Gasteiger partial charge in [0.15, 0.2) is 0 Å². The number of likely N-dealkylation sites (N-methyl/N-ethyl adjacent to an activating group) is 1. The minimum absolute atomic E-state index is 0.468. The molecule has 0 aliphatic carbocycles. The predicted molar refractivity (Wildman–Crippen MR) is 100 cm³/mol. The van der Waals surface area contributed by atoms with Gasteiger partial charge in [0, 0.05) is 44.5 Å². The number of piperazine rings is 1. The zero-order valence-electron chi connectivity index (χ0n) is 15.2. The lowest BCUT2D eigenvalue weighted by atomic mass is 9.82. The fourth-order valence-electron chi connectivity index (χ4n) is 3.64. The van der Waals surface area contributed by atoms with Gasteiger partial charge in [-0.1, -0.05) is 13.8 Å². The molecule has 0 radical (unpaired) electrons. The lowest BCUT2D eigenvalue weighted by molar-refractivity contribution is 0.234. The Morgan fingerprint density at radius 1 is 1.04 bits per heavy atom. The highest BCUT2D eigenvalue weighted by Gasteiger charge is 2.27. The van der Waals surface area contributed by atoms with Crippen LogP contribution in [0.5, 0.6) is 0 Å². The molecule has 1 aromatic rings. The summed E-state index contributed by atoms with van der Waals surface area (Å²) >= 11 is 0. The highest BCUT2D eigenvalue weighted by Crippen LogP contribution is 2.36. The van der Waals surface area contributed by atoms with E-state index in [2.05, 4.69) is 60.7 Å². The van der Waals surface area contributed by atoms with Crippen LogP contribution in [0.4, 0.5) is 17.1 Å². The summed E-state index contributed by atoms with van der Waals surface area (Å²) in [7, 11) is 2.21. The summed E-state index contributed by atoms with van der Waals surface area (Å²) in [5, 5.41) is 0. The molecule has 128 valence electrons. The van der Waals surface area contributed by atoms with Crippen molar-refractivity contribution in [3.8, 4) is 0 Å². The Kier molecular flexibility index (Phi) is 4.45. The van der Waals surface area contributed by atoms with E-state index >= 15 is 0 Å². The molecule has 2 fully saturated rings. The normalized spacial score (nSPS) is 25.7. The lowest BCUT2D eigenvalue weighted by Crippen LogP contribution is -2.50. The van der Waals surface area contributed by atoms with Crippen molar-refractivity contribution in [2.24, 2.45) is 5.41 Å². The fraction of sp³-hybridized carbons (Fsp3) is 0.684. The zero-order valence-corrected chi connectivity index (χ0v) is 15.2. The molecule has 0 aromatic heterocycles. The third-order valence-corrected chi connectivity index (χ3v) is 5.80. The molecule has 2 saturated heterocycles. The summed E-state index contributed by atoms with van der Waals surface area (Å²) in [5.74, 6) is 0. The maximum Gasteiger partial charge on any atom is 0.0620 e. The van der Waals surface area contributed by atoms with Crippen LogP contribution in [0.3, 0.4) is 0 Å². The quantitative estimate of drug-likeness (QED) is 0.851. The minimum Gasteiger partial charge on any atom is -0.397 e. The highest BCUT2D eigenvalue weighted by molar-refractivity contribution is 5.73. The van der Waals surface area contributed by atoms with Crippen LogP contribution in [-0.2, 0) is 0 Å². The number of anilines is 3. The molecule has 4 nitrogen and oxygen atoms in total. The van der Waals surface area contributed by atoms with E-state index < -0.39 is 0 Å². The Labute approximate surface area is 141 Å². The Morgan fingerprint density at radius 3 is 2.39 bits per heavy atom. The van der Waals surface area contributed by atoms with E-state index in [9.17, 15) is 0 Å². The first-order valence-corrected chi connectivity index (χ1v) is 8.95. The topological polar surface area (TPSA) is 35.7 Å². The second-order valence-electron chi connectivity index (χ2n) is 8.17. The first-order valence-electron chi connectivity index (χ1n) is 8.95. The van der Waals surface area contributed by atoms with E-state index in [0.29, 0.717) is 11.5 Å². The van der Waals surface area contributed by atoms with Crippen molar-refractivity contribution in [1.29, 1.82) is 0 Å². The third-order valence-electron chi connectivity index (χ3n) is 5.80. The van der Waals surface area contributed by atoms with Crippen LogP contribution in [0, 0.1) is 5.41 Å². The molecule has 1 aromatic carbocycles. The van der Waals surface area contributed by atoms with Crippen LogP contribution in [0.1, 0.15) is 33.6 Å². The van der Waals surface area contributed by atoms with Gasteiger partial charge in [-0.15, -0.1) is 0 Å². The molecule has 0 amide bonds. The number of piperidine rings is 1. The maximum absolute atomic E-state index is 6.30. The van der Waals surface area contributed by atoms with E-state index in [0.717, 1.165) is 38.4 Å². The van der Waals surface area contributed by atoms with Gasteiger partial charge in [0.1, 0.15) is 0 Å². The van der Waals surface area contributed by atoms with E-state index in [-0.39, 0.29) is 0 Å². The van der Waals surface area contributed by atoms with Crippen LogP contribution in [0.25, 0.3) is 0 Å². The monoisotopic (exact) mass is 316 g/mol. The molecule has 2 N–H and O–H groups in total. The first kappa shape index (κ1) is 16.4. The Balaban J connectivity index is 1.77. The van der Waals surface area contributed by atoms with Crippen molar-refractivity contribution in [3.05, 3.63) is 18.2 Å². The van der Waals surface area contributed by atoms with Crippen molar-refractivity contribution in [3.63, 3.8) is 0 Å². The molecule has 1 atom stereocenters. The van der Waals surface area contributed by atoms with Crippen molar-refractivity contribution >= 4 is 17.1 Å². The Bertz CT molecular complexity index is 544. The molecule has 2 aliphatic heterocycles. The number of rotatable bonds is 2. The summed E-state index contributed by atoms with van der Waals surface area (Å²) in [4.78, 5) is 7.41. The predicted octanol–water partition coefficient (Wildman–Crippen LogP) is 3.04. The second-order valence-corrected chi connectivity index (χ2v) is 8.17. The molecule has 4 heteroatoms. The number of hydrogen-bond acceptors (Lipinski definition) is 4. The number of nitrogens with zero attached hydrogens (tertiary/aromatic N) is 3. The van der Waals surface area contributed by atoms with E-state index in [4.69, 9.17) is 5.73 Å². The van der Waals surface area contributed by atoms with Crippen LogP contribution in [-0.4, -0.2) is 50.7 Å². The standard InChI is InChI=1S/C19H32N4/c1-15-14-23(12-11-21(15)4)16-5-6-17(20)18(13-16)22-9-7-19(2,3)8-10-22/h5-6,13,15H,7-12,14,20H2,1-4H3. The van der Waals surface area contributed by atoms with Crippen molar-refractivity contribution in [1.82, 2.24) is 4.90 Å². The van der Waals surface area contributed by atoms with Crippen molar-refractivity contribution in [2.75, 3.05) is 55.3 Å². The highest BCUT2D eigenvalue weighted by atomic mass is 15.3. The fourth-order valence-corrected chi connectivity index (χ4v) is 3.64. The molecular formula is C19H32N4.